The highest BCUT2D eigenvalue weighted by Crippen LogP contribution is 2.39. The van der Waals surface area contributed by atoms with Crippen LogP contribution in [0.5, 0.6) is 0 Å². The van der Waals surface area contributed by atoms with Crippen molar-refractivity contribution in [2.45, 2.75) is 12.7 Å². The summed E-state index contributed by atoms with van der Waals surface area (Å²) in [5, 5.41) is 0.211. The van der Waals surface area contributed by atoms with E-state index in [1.165, 1.54) is 11.0 Å². The number of benzene rings is 2. The molecule has 2 aromatic heterocycles. The summed E-state index contributed by atoms with van der Waals surface area (Å²) in [7, 11) is 0. The molecule has 0 saturated carbocycles. The molecule has 0 radical (unpaired) electrons. The van der Waals surface area contributed by atoms with Crippen LogP contribution in [-0.2, 0) is 12.7 Å². The molecule has 0 N–H and O–H groups in total. The van der Waals surface area contributed by atoms with Crippen molar-refractivity contribution in [2.75, 3.05) is 4.90 Å². The Bertz CT molecular complexity index is 1210. The topological polar surface area (TPSA) is 46.1 Å². The molecule has 4 rings (SSSR count). The predicted octanol–water partition coefficient (Wildman–Crippen LogP) is 6.16. The number of pyridine rings is 1. The van der Waals surface area contributed by atoms with Gasteiger partial charge in [-0.25, -0.2) is 4.98 Å². The maximum atomic E-state index is 13.4. The second kappa shape index (κ2) is 8.31. The predicted molar refractivity (Wildman–Crippen MR) is 119 cm³/mol. The number of nitrogens with zero attached hydrogens (tertiary/aromatic N) is 3. The Morgan fingerprint density at radius 1 is 1.03 bits per heavy atom. The standard InChI is InChI=1S/C21H13F3IN3OS/c22-21(23,24)15-5-3-7-17-18(15)27-20(30-17)28(12-13-8-10-26-11-9-13)19(29)14-4-1-2-6-16(14)25/h1-11H,12H2. The Kier molecular flexibility index (Phi) is 5.74. The summed E-state index contributed by atoms with van der Waals surface area (Å²) in [5.74, 6) is -0.329. The first kappa shape index (κ1) is 20.7. The maximum Gasteiger partial charge on any atom is 0.418 e. The smallest absolute Gasteiger partial charge is 0.279 e. The fraction of sp³-hybridized carbons (Fsp3) is 0.0952. The van der Waals surface area contributed by atoms with Gasteiger partial charge in [-0.15, -0.1) is 0 Å². The minimum absolute atomic E-state index is 0.153. The van der Waals surface area contributed by atoms with Gasteiger partial charge < -0.3 is 0 Å². The Hall–Kier alpha value is -2.53. The number of carbonyl (C=O) groups excluding carboxylic acids is 1. The molecule has 0 spiro atoms. The van der Waals surface area contributed by atoms with Crippen LogP contribution in [0.1, 0.15) is 21.5 Å². The van der Waals surface area contributed by atoms with Crippen molar-refractivity contribution in [3.63, 3.8) is 0 Å². The van der Waals surface area contributed by atoms with Gasteiger partial charge in [-0.1, -0.05) is 29.5 Å². The number of halogens is 4. The van der Waals surface area contributed by atoms with Gasteiger partial charge in [-0.2, -0.15) is 13.2 Å². The number of amides is 1. The monoisotopic (exact) mass is 539 g/mol. The summed E-state index contributed by atoms with van der Waals surface area (Å²) in [4.78, 5) is 23.0. The van der Waals surface area contributed by atoms with Crippen molar-refractivity contribution < 1.29 is 18.0 Å². The van der Waals surface area contributed by atoms with Crippen LogP contribution in [0.25, 0.3) is 10.2 Å². The van der Waals surface area contributed by atoms with Gasteiger partial charge in [-0.05, 0) is 64.6 Å². The first-order valence-corrected chi connectivity index (χ1v) is 10.7. The van der Waals surface area contributed by atoms with Crippen molar-refractivity contribution in [3.8, 4) is 0 Å². The highest BCUT2D eigenvalue weighted by atomic mass is 127. The number of anilines is 1. The molecule has 9 heteroatoms. The third-order valence-corrected chi connectivity index (χ3v) is 6.37. The van der Waals surface area contributed by atoms with Gasteiger partial charge in [0.25, 0.3) is 5.91 Å². The second-order valence-corrected chi connectivity index (χ2v) is 8.54. The van der Waals surface area contributed by atoms with E-state index in [2.05, 4.69) is 32.6 Å². The summed E-state index contributed by atoms with van der Waals surface area (Å²) in [6, 6.07) is 14.5. The lowest BCUT2D eigenvalue weighted by molar-refractivity contribution is -0.136. The normalized spacial score (nSPS) is 11.6. The second-order valence-electron chi connectivity index (χ2n) is 6.37. The fourth-order valence-electron chi connectivity index (χ4n) is 2.96. The van der Waals surface area contributed by atoms with E-state index < -0.39 is 11.7 Å². The minimum atomic E-state index is -4.53. The molecule has 0 bridgehead atoms. The summed E-state index contributed by atoms with van der Waals surface area (Å²) in [6.45, 7) is 0.160. The lowest BCUT2D eigenvalue weighted by atomic mass is 10.2. The third-order valence-electron chi connectivity index (χ3n) is 4.38. The molecule has 152 valence electrons. The summed E-state index contributed by atoms with van der Waals surface area (Å²) < 4.78 is 41.4. The molecule has 4 nitrogen and oxygen atoms in total. The van der Waals surface area contributed by atoms with Crippen LogP contribution in [0.3, 0.4) is 0 Å². The number of rotatable bonds is 4. The van der Waals surface area contributed by atoms with Crippen molar-refractivity contribution in [1.82, 2.24) is 9.97 Å². The van der Waals surface area contributed by atoms with Crippen LogP contribution < -0.4 is 4.90 Å². The molecule has 0 saturated heterocycles. The zero-order valence-corrected chi connectivity index (χ0v) is 18.2. The van der Waals surface area contributed by atoms with Gasteiger partial charge >= 0.3 is 6.18 Å². The Morgan fingerprint density at radius 2 is 1.77 bits per heavy atom. The zero-order valence-electron chi connectivity index (χ0n) is 15.2. The minimum Gasteiger partial charge on any atom is -0.279 e. The highest BCUT2D eigenvalue weighted by Gasteiger charge is 2.34. The molecule has 0 fully saturated rings. The first-order chi connectivity index (χ1) is 14.3. The number of alkyl halides is 3. The Balaban J connectivity index is 1.84. The van der Waals surface area contributed by atoms with E-state index in [9.17, 15) is 18.0 Å². The SMILES string of the molecule is O=C(c1ccccc1I)N(Cc1ccncc1)c1nc2c(C(F)(F)F)cccc2s1. The number of para-hydroxylation sites is 1. The molecule has 0 unspecified atom stereocenters. The molecule has 1 amide bonds. The van der Waals surface area contributed by atoms with E-state index in [4.69, 9.17) is 0 Å². The van der Waals surface area contributed by atoms with E-state index in [-0.39, 0.29) is 23.1 Å². The molecule has 0 aliphatic carbocycles. The third kappa shape index (κ3) is 4.17. The van der Waals surface area contributed by atoms with E-state index in [1.807, 2.05) is 6.07 Å². The quantitative estimate of drug-likeness (QED) is 0.292. The first-order valence-electron chi connectivity index (χ1n) is 8.76. The average molecular weight is 539 g/mol. The molecule has 0 atom stereocenters. The van der Waals surface area contributed by atoms with Crippen molar-refractivity contribution in [1.29, 1.82) is 0 Å². The van der Waals surface area contributed by atoms with Gasteiger partial charge in [0.15, 0.2) is 5.13 Å². The Morgan fingerprint density at radius 3 is 2.47 bits per heavy atom. The van der Waals surface area contributed by atoms with Crippen LogP contribution in [0.15, 0.2) is 67.0 Å². The number of fused-ring (bicyclic) bond motifs is 1. The van der Waals surface area contributed by atoms with Crippen LogP contribution in [0.4, 0.5) is 18.3 Å². The van der Waals surface area contributed by atoms with Crippen LogP contribution in [0.2, 0.25) is 0 Å². The van der Waals surface area contributed by atoms with Crippen LogP contribution in [0, 0.1) is 3.57 Å². The molecule has 0 aliphatic heterocycles. The molecular weight excluding hydrogens is 526 g/mol. The fourth-order valence-corrected chi connectivity index (χ4v) is 4.57. The van der Waals surface area contributed by atoms with Crippen LogP contribution in [-0.4, -0.2) is 15.9 Å². The van der Waals surface area contributed by atoms with E-state index in [0.717, 1.165) is 26.5 Å². The largest absolute Gasteiger partial charge is 0.418 e. The molecule has 0 aliphatic rings. The maximum absolute atomic E-state index is 13.4. The summed E-state index contributed by atoms with van der Waals surface area (Å²) in [5.41, 5.74) is 0.287. The van der Waals surface area contributed by atoms with Crippen LogP contribution >= 0.6 is 33.9 Å². The summed E-state index contributed by atoms with van der Waals surface area (Å²) in [6.07, 6.45) is -1.33. The lowest BCUT2D eigenvalue weighted by Crippen LogP contribution is -2.31. The lowest BCUT2D eigenvalue weighted by Gasteiger charge is -2.20. The van der Waals surface area contributed by atoms with E-state index in [1.54, 1.807) is 48.8 Å². The number of carbonyl (C=O) groups is 1. The van der Waals surface area contributed by atoms with E-state index >= 15 is 0 Å². The number of aromatic nitrogens is 2. The number of thiazole rings is 1. The number of hydrogen-bond donors (Lipinski definition) is 0. The molecule has 2 aromatic carbocycles. The van der Waals surface area contributed by atoms with Gasteiger partial charge in [0.1, 0.15) is 0 Å². The van der Waals surface area contributed by atoms with Crippen molar-refractivity contribution >= 4 is 55.2 Å². The van der Waals surface area contributed by atoms with Gasteiger partial charge in [-0.3, -0.25) is 14.7 Å². The molecule has 30 heavy (non-hydrogen) atoms. The highest BCUT2D eigenvalue weighted by molar-refractivity contribution is 14.1. The average Bonchev–Trinajstić information content (AvgIpc) is 3.16. The van der Waals surface area contributed by atoms with Gasteiger partial charge in [0.2, 0.25) is 0 Å². The summed E-state index contributed by atoms with van der Waals surface area (Å²) >= 11 is 3.13. The van der Waals surface area contributed by atoms with E-state index in [0.29, 0.717) is 10.3 Å². The van der Waals surface area contributed by atoms with Gasteiger partial charge in [0, 0.05) is 16.0 Å². The molecule has 2 heterocycles. The number of hydrogen-bond acceptors (Lipinski definition) is 4. The van der Waals surface area contributed by atoms with Gasteiger partial charge in [0.05, 0.1) is 27.9 Å². The Labute approximate surface area is 187 Å². The molecular formula is C21H13F3IN3OS. The van der Waals surface area contributed by atoms with Crippen molar-refractivity contribution in [2.24, 2.45) is 0 Å². The van der Waals surface area contributed by atoms with Crippen molar-refractivity contribution in [3.05, 3.63) is 87.3 Å². The molecule has 4 aromatic rings. The zero-order chi connectivity index (χ0) is 21.3.